The van der Waals surface area contributed by atoms with Gasteiger partial charge in [-0.1, -0.05) is 0 Å². The highest BCUT2D eigenvalue weighted by molar-refractivity contribution is 5.97. The first-order chi connectivity index (χ1) is 18.8. The largest absolute Gasteiger partial charge is 0.455 e. The molecule has 0 aliphatic rings. The lowest BCUT2D eigenvalue weighted by atomic mass is 10.1. The quantitative estimate of drug-likeness (QED) is 0.133. The van der Waals surface area contributed by atoms with Gasteiger partial charge in [0.2, 0.25) is 11.8 Å². The predicted octanol–water partition coefficient (Wildman–Crippen LogP) is 4.01. The van der Waals surface area contributed by atoms with Crippen molar-refractivity contribution in [1.29, 1.82) is 0 Å². The molecule has 14 nitrogen and oxygen atoms in total. The monoisotopic (exact) mass is 530 g/mol. The molecule has 4 aromatic rings. The van der Waals surface area contributed by atoms with Gasteiger partial charge in [-0.3, -0.25) is 29.8 Å². The maximum atomic E-state index is 11.9. The summed E-state index contributed by atoms with van der Waals surface area (Å²) >= 11 is 0. The average Bonchev–Trinajstić information content (AvgIpc) is 3.59. The Labute approximate surface area is 218 Å². The molecule has 196 valence electrons. The Morgan fingerprint density at radius 1 is 0.667 bits per heavy atom. The number of nitro groups is 2. The number of hydrazone groups is 2. The van der Waals surface area contributed by atoms with E-state index in [4.69, 9.17) is 8.83 Å². The molecule has 4 rings (SSSR count). The second kappa shape index (κ2) is 11.9. The van der Waals surface area contributed by atoms with Crippen molar-refractivity contribution in [3.8, 4) is 22.6 Å². The van der Waals surface area contributed by atoms with Crippen LogP contribution >= 0.6 is 0 Å². The van der Waals surface area contributed by atoms with Crippen LogP contribution in [0, 0.1) is 20.2 Å². The molecular weight excluding hydrogens is 512 g/mol. The molecule has 0 fully saturated rings. The summed E-state index contributed by atoms with van der Waals surface area (Å²) < 4.78 is 11.1. The van der Waals surface area contributed by atoms with Crippen molar-refractivity contribution >= 4 is 35.6 Å². The molecule has 2 N–H and O–H groups in total. The van der Waals surface area contributed by atoms with Crippen LogP contribution in [-0.4, -0.2) is 34.1 Å². The predicted molar refractivity (Wildman–Crippen MR) is 138 cm³/mol. The Bertz CT molecular complexity index is 1450. The Hall–Kier alpha value is -5.92. The van der Waals surface area contributed by atoms with Gasteiger partial charge in [0.1, 0.15) is 29.5 Å². The SMILES string of the molecule is O=C(CC(=O)N/N=C\c1ccc(-c2ccc([N+](=O)[O-])cc2)o1)N/N=C\c1ccc(-c2ccc([N+](=O)[O-])cc2)o1. The number of benzene rings is 2. The summed E-state index contributed by atoms with van der Waals surface area (Å²) in [5, 5.41) is 29.0. The van der Waals surface area contributed by atoms with Crippen molar-refractivity contribution < 1.29 is 28.3 Å². The third-order valence-electron chi connectivity index (χ3n) is 5.06. The minimum atomic E-state index is -0.695. The van der Waals surface area contributed by atoms with Crippen LogP contribution in [-0.2, 0) is 9.59 Å². The first kappa shape index (κ1) is 26.2. The summed E-state index contributed by atoms with van der Waals surface area (Å²) in [4.78, 5) is 44.4. The van der Waals surface area contributed by atoms with Gasteiger partial charge in [0, 0.05) is 35.4 Å². The van der Waals surface area contributed by atoms with Gasteiger partial charge in [0.05, 0.1) is 22.3 Å². The number of furan rings is 2. The van der Waals surface area contributed by atoms with E-state index in [0.717, 1.165) is 0 Å². The van der Waals surface area contributed by atoms with Gasteiger partial charge in [-0.25, -0.2) is 10.9 Å². The first-order valence-electron chi connectivity index (χ1n) is 11.1. The number of nitro benzene ring substituents is 2. The van der Waals surface area contributed by atoms with Crippen LogP contribution < -0.4 is 10.9 Å². The van der Waals surface area contributed by atoms with Crippen molar-refractivity contribution in [2.75, 3.05) is 0 Å². The zero-order valence-electron chi connectivity index (χ0n) is 19.8. The van der Waals surface area contributed by atoms with Gasteiger partial charge >= 0.3 is 0 Å². The smallest absolute Gasteiger partial charge is 0.269 e. The number of nitrogens with zero attached hydrogens (tertiary/aromatic N) is 4. The molecule has 2 amide bonds. The highest BCUT2D eigenvalue weighted by atomic mass is 16.6. The Balaban J connectivity index is 1.22. The molecule has 0 bridgehead atoms. The standard InChI is InChI=1S/C25H18N6O8/c32-24(28-26-14-20-9-11-22(38-20)16-1-5-18(6-2-16)30(34)35)13-25(33)29-27-15-21-10-12-23(39-21)17-3-7-19(8-4-17)31(36)37/h1-12,14-15H,13H2,(H,28,32)(H,29,33)/b26-14-,27-15-. The third kappa shape index (κ3) is 7.07. The molecular formula is C25H18N6O8. The molecule has 0 saturated carbocycles. The number of carbonyl (C=O) groups excluding carboxylic acids is 2. The van der Waals surface area contributed by atoms with Crippen LogP contribution in [0.3, 0.4) is 0 Å². The molecule has 0 radical (unpaired) electrons. The molecule has 14 heteroatoms. The second-order valence-electron chi connectivity index (χ2n) is 7.78. The minimum Gasteiger partial charge on any atom is -0.455 e. The van der Waals surface area contributed by atoms with Crippen LogP contribution in [0.15, 0.2) is 91.8 Å². The average molecular weight is 530 g/mol. The molecule has 2 aromatic heterocycles. The molecule has 0 saturated heterocycles. The van der Waals surface area contributed by atoms with E-state index < -0.39 is 28.1 Å². The topological polar surface area (TPSA) is 195 Å². The van der Waals surface area contributed by atoms with Crippen molar-refractivity contribution in [1.82, 2.24) is 10.9 Å². The van der Waals surface area contributed by atoms with E-state index in [9.17, 15) is 29.8 Å². The number of hydrogen-bond donors (Lipinski definition) is 2. The summed E-state index contributed by atoms with van der Waals surface area (Å²) in [6.45, 7) is 0. The number of hydrogen-bond acceptors (Lipinski definition) is 10. The molecule has 39 heavy (non-hydrogen) atoms. The molecule has 0 atom stereocenters. The van der Waals surface area contributed by atoms with Gasteiger partial charge < -0.3 is 8.83 Å². The van der Waals surface area contributed by atoms with E-state index >= 15 is 0 Å². The summed E-state index contributed by atoms with van der Waals surface area (Å²) in [6.07, 6.45) is 1.93. The van der Waals surface area contributed by atoms with Gasteiger partial charge in [-0.2, -0.15) is 10.2 Å². The number of amides is 2. The van der Waals surface area contributed by atoms with E-state index in [1.165, 1.54) is 36.7 Å². The maximum absolute atomic E-state index is 11.9. The Kier molecular flexibility index (Phi) is 7.96. The van der Waals surface area contributed by atoms with Crippen LogP contribution in [0.2, 0.25) is 0 Å². The summed E-state index contributed by atoms with van der Waals surface area (Å²) in [5.74, 6) is 0.130. The van der Waals surface area contributed by atoms with E-state index in [2.05, 4.69) is 21.1 Å². The van der Waals surface area contributed by atoms with E-state index in [1.54, 1.807) is 48.5 Å². The minimum absolute atomic E-state index is 0.0423. The highest BCUT2D eigenvalue weighted by Gasteiger charge is 2.11. The molecule has 2 aromatic carbocycles. The zero-order chi connectivity index (χ0) is 27.8. The first-order valence-corrected chi connectivity index (χ1v) is 11.1. The Morgan fingerprint density at radius 2 is 1.05 bits per heavy atom. The van der Waals surface area contributed by atoms with Crippen LogP contribution in [0.5, 0.6) is 0 Å². The zero-order valence-corrected chi connectivity index (χ0v) is 19.8. The van der Waals surface area contributed by atoms with Crippen LogP contribution in [0.25, 0.3) is 22.6 Å². The molecule has 0 spiro atoms. The van der Waals surface area contributed by atoms with Gasteiger partial charge in [-0.15, -0.1) is 0 Å². The van der Waals surface area contributed by atoms with Gasteiger partial charge in [0.25, 0.3) is 11.4 Å². The molecule has 0 unspecified atom stereocenters. The second-order valence-corrected chi connectivity index (χ2v) is 7.78. The van der Waals surface area contributed by atoms with E-state index in [1.807, 2.05) is 0 Å². The maximum Gasteiger partial charge on any atom is 0.269 e. The van der Waals surface area contributed by atoms with Gasteiger partial charge in [0.15, 0.2) is 0 Å². The normalized spacial score (nSPS) is 11.1. The number of carbonyl (C=O) groups is 2. The van der Waals surface area contributed by atoms with E-state index in [0.29, 0.717) is 34.2 Å². The number of rotatable bonds is 10. The lowest BCUT2D eigenvalue weighted by Gasteiger charge is -1.99. The lowest BCUT2D eigenvalue weighted by Crippen LogP contribution is -2.27. The van der Waals surface area contributed by atoms with Crippen molar-refractivity contribution in [2.24, 2.45) is 10.2 Å². The highest BCUT2D eigenvalue weighted by Crippen LogP contribution is 2.25. The fourth-order valence-corrected chi connectivity index (χ4v) is 3.21. The lowest BCUT2D eigenvalue weighted by molar-refractivity contribution is -0.385. The fourth-order valence-electron chi connectivity index (χ4n) is 3.21. The summed E-state index contributed by atoms with van der Waals surface area (Å²) in [6, 6.07) is 18.1. The van der Waals surface area contributed by atoms with Crippen molar-refractivity contribution in [2.45, 2.75) is 6.42 Å². The van der Waals surface area contributed by atoms with E-state index in [-0.39, 0.29) is 11.4 Å². The van der Waals surface area contributed by atoms with Gasteiger partial charge in [-0.05, 0) is 48.5 Å². The van der Waals surface area contributed by atoms with Crippen LogP contribution in [0.4, 0.5) is 11.4 Å². The van der Waals surface area contributed by atoms with Crippen LogP contribution in [0.1, 0.15) is 17.9 Å². The summed E-state index contributed by atoms with van der Waals surface area (Å²) in [5.41, 5.74) is 5.55. The molecule has 2 heterocycles. The summed E-state index contributed by atoms with van der Waals surface area (Å²) in [7, 11) is 0. The van der Waals surface area contributed by atoms with Crippen molar-refractivity contribution in [3.63, 3.8) is 0 Å². The Morgan fingerprint density at radius 3 is 1.41 bits per heavy atom. The number of non-ortho nitro benzene ring substituents is 2. The third-order valence-corrected chi connectivity index (χ3v) is 5.06. The molecule has 0 aliphatic heterocycles. The molecule has 0 aliphatic carbocycles. The fraction of sp³-hybridized carbons (Fsp3) is 0.0400. The number of nitrogens with one attached hydrogen (secondary N) is 2. The van der Waals surface area contributed by atoms with Crippen molar-refractivity contribution in [3.05, 3.63) is 105 Å².